The summed E-state index contributed by atoms with van der Waals surface area (Å²) in [6, 6.07) is 8.99. The summed E-state index contributed by atoms with van der Waals surface area (Å²) in [6.45, 7) is 0.884. The Bertz CT molecular complexity index is 911. The van der Waals surface area contributed by atoms with Crippen LogP contribution in [0.25, 0.3) is 0 Å². The Labute approximate surface area is 156 Å². The van der Waals surface area contributed by atoms with Crippen molar-refractivity contribution in [2.24, 2.45) is 0 Å². The van der Waals surface area contributed by atoms with Gasteiger partial charge in [-0.2, -0.15) is 0 Å². The van der Waals surface area contributed by atoms with Gasteiger partial charge in [-0.15, -0.1) is 0 Å². The molecule has 4 rings (SSSR count). The number of ether oxygens (including phenoxy) is 3. The van der Waals surface area contributed by atoms with Gasteiger partial charge in [0.1, 0.15) is 0 Å². The second-order valence-electron chi connectivity index (χ2n) is 6.46. The van der Waals surface area contributed by atoms with Crippen molar-refractivity contribution in [2.75, 3.05) is 27.5 Å². The van der Waals surface area contributed by atoms with E-state index in [9.17, 15) is 9.59 Å². The molecular formula is C20H20N2O5. The molecule has 0 bridgehead atoms. The van der Waals surface area contributed by atoms with Crippen molar-refractivity contribution in [3.05, 3.63) is 52.6 Å². The van der Waals surface area contributed by atoms with E-state index in [4.69, 9.17) is 14.2 Å². The summed E-state index contributed by atoms with van der Waals surface area (Å²) in [5, 5.41) is 2.92. The van der Waals surface area contributed by atoms with Crippen LogP contribution in [-0.2, 0) is 13.0 Å². The number of carbonyl (C=O) groups excluding carboxylic acids is 2. The molecule has 0 aliphatic carbocycles. The fraction of sp³-hybridized carbons (Fsp3) is 0.300. The van der Waals surface area contributed by atoms with E-state index in [-0.39, 0.29) is 25.2 Å². The lowest BCUT2D eigenvalue weighted by atomic mass is 9.91. The first-order valence-corrected chi connectivity index (χ1v) is 8.71. The lowest BCUT2D eigenvalue weighted by Gasteiger charge is -2.29. The van der Waals surface area contributed by atoms with Crippen LogP contribution in [0.4, 0.5) is 0 Å². The summed E-state index contributed by atoms with van der Waals surface area (Å²) in [5.41, 5.74) is 2.67. The van der Waals surface area contributed by atoms with Gasteiger partial charge < -0.3 is 24.4 Å². The summed E-state index contributed by atoms with van der Waals surface area (Å²) < 4.78 is 16.7. The SMILES string of the molecule is COc1c2c(c(CNC(=O)c3ccccc3)c3c1C(=O)N(C)CC3)OCO2. The van der Waals surface area contributed by atoms with E-state index in [0.29, 0.717) is 41.3 Å². The van der Waals surface area contributed by atoms with E-state index in [1.165, 1.54) is 7.11 Å². The molecule has 7 heteroatoms. The Balaban J connectivity index is 1.74. The maximum atomic E-state index is 12.8. The maximum absolute atomic E-state index is 12.8. The third kappa shape index (κ3) is 2.85. The van der Waals surface area contributed by atoms with Crippen LogP contribution in [0, 0.1) is 0 Å². The van der Waals surface area contributed by atoms with Crippen molar-refractivity contribution >= 4 is 11.8 Å². The van der Waals surface area contributed by atoms with E-state index < -0.39 is 0 Å². The number of likely N-dealkylation sites (N-methyl/N-ethyl adjacent to an activating group) is 1. The van der Waals surface area contributed by atoms with Crippen LogP contribution in [0.2, 0.25) is 0 Å². The second-order valence-corrected chi connectivity index (χ2v) is 6.46. The molecule has 2 aliphatic heterocycles. The molecule has 0 saturated carbocycles. The molecule has 0 radical (unpaired) electrons. The lowest BCUT2D eigenvalue weighted by Crippen LogP contribution is -2.36. The second kappa shape index (κ2) is 6.83. The summed E-state index contributed by atoms with van der Waals surface area (Å²) in [5.74, 6) is 1.04. The first-order valence-electron chi connectivity index (χ1n) is 8.71. The van der Waals surface area contributed by atoms with Gasteiger partial charge >= 0.3 is 0 Å². The van der Waals surface area contributed by atoms with Crippen LogP contribution in [0.1, 0.15) is 31.8 Å². The topological polar surface area (TPSA) is 77.1 Å². The molecule has 27 heavy (non-hydrogen) atoms. The minimum absolute atomic E-state index is 0.0538. The van der Waals surface area contributed by atoms with Crippen molar-refractivity contribution in [1.29, 1.82) is 0 Å². The van der Waals surface area contributed by atoms with Crippen LogP contribution in [0.5, 0.6) is 17.2 Å². The molecule has 1 N–H and O–H groups in total. The molecule has 0 saturated heterocycles. The van der Waals surface area contributed by atoms with Gasteiger partial charge in [0.05, 0.1) is 12.7 Å². The van der Waals surface area contributed by atoms with Crippen LogP contribution in [-0.4, -0.2) is 44.2 Å². The highest BCUT2D eigenvalue weighted by Crippen LogP contribution is 2.49. The predicted octanol–water partition coefficient (Wildman–Crippen LogP) is 1.98. The van der Waals surface area contributed by atoms with Crippen molar-refractivity contribution in [3.63, 3.8) is 0 Å². The molecule has 0 fully saturated rings. The number of hydrogen-bond donors (Lipinski definition) is 1. The normalized spacial score (nSPS) is 14.7. The number of nitrogens with one attached hydrogen (secondary N) is 1. The van der Waals surface area contributed by atoms with Crippen molar-refractivity contribution in [2.45, 2.75) is 13.0 Å². The average molecular weight is 368 g/mol. The van der Waals surface area contributed by atoms with E-state index in [2.05, 4.69) is 5.32 Å². The van der Waals surface area contributed by atoms with Gasteiger partial charge in [-0.25, -0.2) is 0 Å². The zero-order valence-corrected chi connectivity index (χ0v) is 15.2. The van der Waals surface area contributed by atoms with Crippen molar-refractivity contribution in [3.8, 4) is 17.2 Å². The fourth-order valence-corrected chi connectivity index (χ4v) is 3.53. The smallest absolute Gasteiger partial charge is 0.257 e. The number of nitrogens with zero attached hydrogens (tertiary/aromatic N) is 1. The van der Waals surface area contributed by atoms with E-state index >= 15 is 0 Å². The lowest BCUT2D eigenvalue weighted by molar-refractivity contribution is 0.0775. The van der Waals surface area contributed by atoms with Crippen LogP contribution < -0.4 is 19.5 Å². The van der Waals surface area contributed by atoms with Gasteiger partial charge in [0.25, 0.3) is 11.8 Å². The van der Waals surface area contributed by atoms with Gasteiger partial charge in [0, 0.05) is 31.3 Å². The quantitative estimate of drug-likeness (QED) is 0.893. The number of amides is 2. The first kappa shape index (κ1) is 17.2. The molecule has 140 valence electrons. The Morgan fingerprint density at radius 1 is 1.22 bits per heavy atom. The number of benzene rings is 2. The highest BCUT2D eigenvalue weighted by atomic mass is 16.7. The van der Waals surface area contributed by atoms with Gasteiger partial charge in [-0.05, 0) is 24.1 Å². The minimum atomic E-state index is -0.188. The Hall–Kier alpha value is -3.22. The zero-order chi connectivity index (χ0) is 19.0. The monoisotopic (exact) mass is 368 g/mol. The van der Waals surface area contributed by atoms with Gasteiger partial charge in [0.2, 0.25) is 12.5 Å². The van der Waals surface area contributed by atoms with Crippen molar-refractivity contribution in [1.82, 2.24) is 10.2 Å². The summed E-state index contributed by atoms with van der Waals surface area (Å²) >= 11 is 0. The predicted molar refractivity (Wildman–Crippen MR) is 97.4 cm³/mol. The molecule has 0 spiro atoms. The maximum Gasteiger partial charge on any atom is 0.257 e. The van der Waals surface area contributed by atoms with Crippen LogP contribution in [0.3, 0.4) is 0 Å². The van der Waals surface area contributed by atoms with Crippen LogP contribution in [0.15, 0.2) is 30.3 Å². The molecule has 0 atom stereocenters. The number of methoxy groups -OCH3 is 1. The minimum Gasteiger partial charge on any atom is -0.492 e. The Morgan fingerprint density at radius 2 is 1.96 bits per heavy atom. The summed E-state index contributed by atoms with van der Waals surface area (Å²) in [6.07, 6.45) is 0.654. The summed E-state index contributed by atoms with van der Waals surface area (Å²) in [4.78, 5) is 26.9. The fourth-order valence-electron chi connectivity index (χ4n) is 3.53. The van der Waals surface area contributed by atoms with Crippen LogP contribution >= 0.6 is 0 Å². The zero-order valence-electron chi connectivity index (χ0n) is 15.2. The summed E-state index contributed by atoms with van der Waals surface area (Å²) in [7, 11) is 3.27. The Morgan fingerprint density at radius 3 is 2.70 bits per heavy atom. The van der Waals surface area contributed by atoms with Gasteiger partial charge in [-0.1, -0.05) is 18.2 Å². The molecule has 2 amide bonds. The molecule has 0 aromatic heterocycles. The number of fused-ring (bicyclic) bond motifs is 2. The van der Waals surface area contributed by atoms with Crippen molar-refractivity contribution < 1.29 is 23.8 Å². The number of rotatable bonds is 4. The van der Waals surface area contributed by atoms with E-state index in [1.54, 1.807) is 24.1 Å². The third-order valence-corrected chi connectivity index (χ3v) is 4.91. The Kier molecular flexibility index (Phi) is 4.35. The molecule has 2 heterocycles. The number of hydrogen-bond acceptors (Lipinski definition) is 5. The highest BCUT2D eigenvalue weighted by Gasteiger charge is 2.36. The van der Waals surface area contributed by atoms with Gasteiger partial charge in [-0.3, -0.25) is 9.59 Å². The molecule has 2 aromatic carbocycles. The number of carbonyl (C=O) groups is 2. The van der Waals surface area contributed by atoms with E-state index in [1.807, 2.05) is 18.2 Å². The highest BCUT2D eigenvalue weighted by molar-refractivity contribution is 6.01. The first-order chi connectivity index (χ1) is 13.1. The largest absolute Gasteiger partial charge is 0.492 e. The molecule has 2 aliphatic rings. The van der Waals surface area contributed by atoms with E-state index in [0.717, 1.165) is 11.1 Å². The molecule has 7 nitrogen and oxygen atoms in total. The average Bonchev–Trinajstić information content (AvgIpc) is 3.18. The molecule has 0 unspecified atom stereocenters. The standard InChI is InChI=1S/C20H20N2O5/c1-22-9-8-13-14(10-21-19(23)12-6-4-3-5-7-12)16-18(27-11-26-16)17(25-2)15(13)20(22)24/h3-7H,8-11H2,1-2H3,(H,21,23). The molecular weight excluding hydrogens is 348 g/mol. The van der Waals surface area contributed by atoms with Gasteiger partial charge in [0.15, 0.2) is 11.5 Å². The molecule has 2 aromatic rings. The third-order valence-electron chi connectivity index (χ3n) is 4.91.